The Labute approximate surface area is 98.5 Å². The third kappa shape index (κ3) is 2.33. The highest BCUT2D eigenvalue weighted by atomic mass is 16.4. The van der Waals surface area contributed by atoms with Crippen molar-refractivity contribution in [3.63, 3.8) is 0 Å². The van der Waals surface area contributed by atoms with Gasteiger partial charge in [0.05, 0.1) is 16.7 Å². The van der Waals surface area contributed by atoms with E-state index in [0.717, 1.165) is 11.0 Å². The van der Waals surface area contributed by atoms with Crippen molar-refractivity contribution < 1.29 is 9.90 Å². The maximum atomic E-state index is 10.8. The summed E-state index contributed by atoms with van der Waals surface area (Å²) in [4.78, 5) is 19.5. The molecular weight excluding hydrogens is 218 g/mol. The first-order valence-corrected chi connectivity index (χ1v) is 5.30. The van der Waals surface area contributed by atoms with Gasteiger partial charge >= 0.3 is 5.97 Å². The number of hydrogen-bond donors (Lipinski definition) is 2. The first-order valence-electron chi connectivity index (χ1n) is 5.30. The molecule has 0 amide bonds. The predicted octanol–water partition coefficient (Wildman–Crippen LogP) is 1.82. The number of nitrogens with one attached hydrogen (secondary N) is 1. The van der Waals surface area contributed by atoms with Crippen LogP contribution in [0, 0.1) is 6.92 Å². The van der Waals surface area contributed by atoms with E-state index in [0.29, 0.717) is 11.5 Å². The van der Waals surface area contributed by atoms with Crippen LogP contribution in [0.25, 0.3) is 11.0 Å². The number of carboxylic acid groups (broad SMARTS) is 1. The average Bonchev–Trinajstić information content (AvgIpc) is 2.29. The first-order chi connectivity index (χ1) is 8.08. The van der Waals surface area contributed by atoms with E-state index in [-0.39, 0.29) is 0 Å². The van der Waals surface area contributed by atoms with E-state index in [4.69, 9.17) is 5.11 Å². The molecular formula is C12H13N3O2. The van der Waals surface area contributed by atoms with Gasteiger partial charge < -0.3 is 10.4 Å². The molecule has 0 radical (unpaired) electrons. The van der Waals surface area contributed by atoms with Crippen molar-refractivity contribution in [2.24, 2.45) is 0 Å². The number of aliphatic carboxylic acids is 1. The minimum atomic E-state index is -0.917. The molecule has 2 N–H and O–H groups in total. The summed E-state index contributed by atoms with van der Waals surface area (Å²) in [7, 11) is 0. The van der Waals surface area contributed by atoms with Crippen LogP contribution in [0.1, 0.15) is 12.6 Å². The standard InChI is InChI=1S/C12H13N3O2/c1-7-11(14-8(2)12(16)17)15-10-6-4-3-5-9(10)13-7/h3-6,8H,1-2H3,(H,14,15)(H,16,17). The van der Waals surface area contributed by atoms with Crippen molar-refractivity contribution in [2.75, 3.05) is 5.32 Å². The van der Waals surface area contributed by atoms with Crippen LogP contribution in [0.5, 0.6) is 0 Å². The fourth-order valence-corrected chi connectivity index (χ4v) is 1.49. The van der Waals surface area contributed by atoms with Crippen LogP contribution in [-0.4, -0.2) is 27.1 Å². The Morgan fingerprint density at radius 3 is 2.47 bits per heavy atom. The molecule has 88 valence electrons. The number of para-hydroxylation sites is 2. The second kappa shape index (κ2) is 4.37. The SMILES string of the molecule is Cc1nc2ccccc2nc1NC(C)C(=O)O. The number of carbonyl (C=O) groups is 1. The summed E-state index contributed by atoms with van der Waals surface area (Å²) in [5.41, 5.74) is 2.24. The second-order valence-corrected chi connectivity index (χ2v) is 3.85. The zero-order chi connectivity index (χ0) is 12.4. The molecule has 0 fully saturated rings. The van der Waals surface area contributed by atoms with Crippen LogP contribution < -0.4 is 5.32 Å². The number of aromatic nitrogens is 2. The van der Waals surface area contributed by atoms with Crippen LogP contribution in [0.3, 0.4) is 0 Å². The molecule has 1 aromatic heterocycles. The summed E-state index contributed by atoms with van der Waals surface area (Å²) in [6.45, 7) is 3.37. The molecule has 0 spiro atoms. The molecule has 0 aliphatic carbocycles. The maximum absolute atomic E-state index is 10.8. The van der Waals surface area contributed by atoms with Gasteiger partial charge in [-0.15, -0.1) is 0 Å². The summed E-state index contributed by atoms with van der Waals surface area (Å²) in [5, 5.41) is 11.7. The molecule has 0 saturated carbocycles. The molecule has 1 aromatic carbocycles. The Hall–Kier alpha value is -2.17. The molecule has 5 heteroatoms. The van der Waals surface area contributed by atoms with E-state index in [1.165, 1.54) is 0 Å². The van der Waals surface area contributed by atoms with Crippen molar-refractivity contribution in [3.8, 4) is 0 Å². The van der Waals surface area contributed by atoms with Gasteiger partial charge in [-0.2, -0.15) is 0 Å². The quantitative estimate of drug-likeness (QED) is 0.842. The van der Waals surface area contributed by atoms with Crippen LogP contribution in [0.2, 0.25) is 0 Å². The van der Waals surface area contributed by atoms with E-state index in [9.17, 15) is 4.79 Å². The van der Waals surface area contributed by atoms with Gasteiger partial charge in [-0.1, -0.05) is 12.1 Å². The van der Waals surface area contributed by atoms with Gasteiger partial charge in [0, 0.05) is 0 Å². The highest BCUT2D eigenvalue weighted by Crippen LogP contribution is 2.16. The molecule has 0 aliphatic rings. The lowest BCUT2D eigenvalue weighted by molar-refractivity contribution is -0.137. The molecule has 2 aromatic rings. The maximum Gasteiger partial charge on any atom is 0.325 e. The second-order valence-electron chi connectivity index (χ2n) is 3.85. The number of benzene rings is 1. The minimum Gasteiger partial charge on any atom is -0.480 e. The lowest BCUT2D eigenvalue weighted by Gasteiger charge is -2.12. The molecule has 1 unspecified atom stereocenters. The average molecular weight is 231 g/mol. The summed E-state index contributed by atoms with van der Waals surface area (Å²) in [6, 6.07) is 6.79. The molecule has 17 heavy (non-hydrogen) atoms. The zero-order valence-corrected chi connectivity index (χ0v) is 9.64. The fourth-order valence-electron chi connectivity index (χ4n) is 1.49. The van der Waals surface area contributed by atoms with Gasteiger partial charge in [-0.3, -0.25) is 4.79 Å². The Balaban J connectivity index is 2.40. The van der Waals surface area contributed by atoms with Gasteiger partial charge in [-0.05, 0) is 26.0 Å². The summed E-state index contributed by atoms with van der Waals surface area (Å²) in [5.74, 6) is -0.405. The van der Waals surface area contributed by atoms with Gasteiger partial charge in [-0.25, -0.2) is 9.97 Å². The fraction of sp³-hybridized carbons (Fsp3) is 0.250. The Morgan fingerprint density at radius 1 is 1.29 bits per heavy atom. The molecule has 5 nitrogen and oxygen atoms in total. The lowest BCUT2D eigenvalue weighted by Crippen LogP contribution is -2.26. The normalized spacial score (nSPS) is 12.4. The van der Waals surface area contributed by atoms with E-state index in [1.54, 1.807) is 13.8 Å². The smallest absolute Gasteiger partial charge is 0.325 e. The van der Waals surface area contributed by atoms with Gasteiger partial charge in [0.15, 0.2) is 0 Å². The van der Waals surface area contributed by atoms with Crippen LogP contribution in [0.4, 0.5) is 5.82 Å². The Kier molecular flexibility index (Phi) is 2.91. The number of carboxylic acids is 1. The van der Waals surface area contributed by atoms with Gasteiger partial charge in [0.2, 0.25) is 0 Å². The molecule has 1 heterocycles. The van der Waals surface area contributed by atoms with Gasteiger partial charge in [0.25, 0.3) is 0 Å². The van der Waals surface area contributed by atoms with E-state index in [1.807, 2.05) is 24.3 Å². The van der Waals surface area contributed by atoms with Crippen molar-refractivity contribution in [2.45, 2.75) is 19.9 Å². The highest BCUT2D eigenvalue weighted by Gasteiger charge is 2.13. The molecule has 1 atom stereocenters. The summed E-state index contributed by atoms with van der Waals surface area (Å²) < 4.78 is 0. The van der Waals surface area contributed by atoms with E-state index >= 15 is 0 Å². The third-order valence-corrected chi connectivity index (χ3v) is 2.47. The number of fused-ring (bicyclic) bond motifs is 1. The van der Waals surface area contributed by atoms with Crippen molar-refractivity contribution in [1.29, 1.82) is 0 Å². The monoisotopic (exact) mass is 231 g/mol. The van der Waals surface area contributed by atoms with E-state index < -0.39 is 12.0 Å². The highest BCUT2D eigenvalue weighted by molar-refractivity contribution is 5.79. The van der Waals surface area contributed by atoms with Crippen molar-refractivity contribution >= 4 is 22.8 Å². The molecule has 0 saturated heterocycles. The van der Waals surface area contributed by atoms with E-state index in [2.05, 4.69) is 15.3 Å². The lowest BCUT2D eigenvalue weighted by atomic mass is 10.2. The Morgan fingerprint density at radius 2 is 1.88 bits per heavy atom. The number of hydrogen-bond acceptors (Lipinski definition) is 4. The summed E-state index contributed by atoms with van der Waals surface area (Å²) >= 11 is 0. The zero-order valence-electron chi connectivity index (χ0n) is 9.64. The number of nitrogens with zero attached hydrogens (tertiary/aromatic N) is 2. The van der Waals surface area contributed by atoms with Crippen LogP contribution in [0.15, 0.2) is 24.3 Å². The third-order valence-electron chi connectivity index (χ3n) is 2.47. The molecule has 0 bridgehead atoms. The van der Waals surface area contributed by atoms with Crippen molar-refractivity contribution in [3.05, 3.63) is 30.0 Å². The van der Waals surface area contributed by atoms with Crippen molar-refractivity contribution in [1.82, 2.24) is 9.97 Å². The van der Waals surface area contributed by atoms with Crippen LogP contribution in [-0.2, 0) is 4.79 Å². The Bertz CT molecular complexity index is 569. The number of rotatable bonds is 3. The molecule has 2 rings (SSSR count). The van der Waals surface area contributed by atoms with Gasteiger partial charge in [0.1, 0.15) is 11.9 Å². The predicted molar refractivity (Wildman–Crippen MR) is 65.0 cm³/mol. The van der Waals surface area contributed by atoms with Crippen LogP contribution >= 0.6 is 0 Å². The topological polar surface area (TPSA) is 75.1 Å². The number of aryl methyl sites for hydroxylation is 1. The largest absolute Gasteiger partial charge is 0.480 e. The summed E-state index contributed by atoms with van der Waals surface area (Å²) in [6.07, 6.45) is 0. The minimum absolute atomic E-state index is 0.513. The number of anilines is 1. The molecule has 0 aliphatic heterocycles. The first kappa shape index (κ1) is 11.3.